The molecule has 3 rings (SSSR count). The minimum Gasteiger partial charge on any atom is -0.493 e. The number of oxime groups is 1. The predicted molar refractivity (Wildman–Crippen MR) is 117 cm³/mol. The maximum Gasteiger partial charge on any atom is 0.265 e. The Morgan fingerprint density at radius 2 is 1.87 bits per heavy atom. The van der Waals surface area contributed by atoms with Crippen molar-refractivity contribution in [1.29, 1.82) is 0 Å². The molecule has 1 amide bonds. The number of benzene rings is 3. The van der Waals surface area contributed by atoms with Crippen molar-refractivity contribution in [2.24, 2.45) is 5.16 Å². The van der Waals surface area contributed by atoms with E-state index in [0.717, 1.165) is 0 Å². The number of carbonyl (C=O) groups is 1. The van der Waals surface area contributed by atoms with E-state index in [-0.39, 0.29) is 35.7 Å². The highest BCUT2D eigenvalue weighted by atomic mass is 35.5. The topological polar surface area (TPSA) is 69.2 Å². The van der Waals surface area contributed by atoms with Gasteiger partial charge in [0, 0.05) is 16.8 Å². The van der Waals surface area contributed by atoms with Crippen molar-refractivity contribution < 1.29 is 23.5 Å². The summed E-state index contributed by atoms with van der Waals surface area (Å²) in [6.45, 7) is -0.254. The summed E-state index contributed by atoms with van der Waals surface area (Å²) in [5.74, 6) is -0.0644. The van der Waals surface area contributed by atoms with Gasteiger partial charge in [-0.2, -0.15) is 0 Å². The highest BCUT2D eigenvalue weighted by Gasteiger charge is 2.13. The Kier molecular flexibility index (Phi) is 7.84. The molecule has 8 heteroatoms. The zero-order valence-electron chi connectivity index (χ0n) is 16.7. The van der Waals surface area contributed by atoms with Crippen LogP contribution < -0.4 is 14.8 Å². The van der Waals surface area contributed by atoms with Gasteiger partial charge in [-0.1, -0.05) is 53.2 Å². The number of nitrogens with zero attached hydrogens (tertiary/aromatic N) is 1. The SMILES string of the molecule is COc1cc(/C=N/OCC(=O)Nc2ccccc2)cc(Cl)c1OCc1ccccc1F. The molecule has 0 saturated carbocycles. The molecule has 3 aromatic rings. The standard InChI is InChI=1S/C23H20ClFN2O4/c1-29-21-12-16(13-26-31-15-22(28)27-18-8-3-2-4-9-18)11-19(24)23(21)30-14-17-7-5-6-10-20(17)25/h2-13H,14-15H2,1H3,(H,27,28)/b26-13+. The minimum atomic E-state index is -0.366. The summed E-state index contributed by atoms with van der Waals surface area (Å²) in [4.78, 5) is 16.9. The molecule has 0 aliphatic carbocycles. The summed E-state index contributed by atoms with van der Waals surface area (Å²) in [6.07, 6.45) is 1.39. The van der Waals surface area contributed by atoms with Crippen LogP contribution in [0.5, 0.6) is 11.5 Å². The van der Waals surface area contributed by atoms with Crippen LogP contribution in [0, 0.1) is 5.82 Å². The van der Waals surface area contributed by atoms with E-state index in [1.807, 2.05) is 18.2 Å². The number of rotatable bonds is 9. The third-order valence-corrected chi connectivity index (χ3v) is 4.39. The Hall–Kier alpha value is -3.58. The number of methoxy groups -OCH3 is 1. The number of halogens is 2. The van der Waals surface area contributed by atoms with Gasteiger partial charge in [-0.3, -0.25) is 4.79 Å². The van der Waals surface area contributed by atoms with Crippen molar-refractivity contribution >= 4 is 29.4 Å². The Balaban J connectivity index is 1.58. The van der Waals surface area contributed by atoms with E-state index in [0.29, 0.717) is 22.6 Å². The molecule has 0 aliphatic rings. The zero-order chi connectivity index (χ0) is 22.1. The lowest BCUT2D eigenvalue weighted by atomic mass is 10.2. The van der Waals surface area contributed by atoms with Crippen LogP contribution in [-0.2, 0) is 16.2 Å². The van der Waals surface area contributed by atoms with Gasteiger partial charge in [-0.25, -0.2) is 4.39 Å². The zero-order valence-corrected chi connectivity index (χ0v) is 17.4. The van der Waals surface area contributed by atoms with Crippen LogP contribution in [-0.4, -0.2) is 25.8 Å². The fraction of sp³-hybridized carbons (Fsp3) is 0.130. The third kappa shape index (κ3) is 6.45. The second kappa shape index (κ2) is 11.0. The molecule has 0 radical (unpaired) electrons. The van der Waals surface area contributed by atoms with Crippen molar-refractivity contribution in [3.05, 3.63) is 88.7 Å². The molecular weight excluding hydrogens is 423 g/mol. The second-order valence-electron chi connectivity index (χ2n) is 6.34. The van der Waals surface area contributed by atoms with E-state index in [2.05, 4.69) is 10.5 Å². The Bertz CT molecular complexity index is 1060. The second-order valence-corrected chi connectivity index (χ2v) is 6.74. The molecule has 6 nitrogen and oxygen atoms in total. The number of ether oxygens (including phenoxy) is 2. The molecule has 0 aliphatic heterocycles. The van der Waals surface area contributed by atoms with E-state index >= 15 is 0 Å². The first kappa shape index (κ1) is 22.1. The van der Waals surface area contributed by atoms with Crippen molar-refractivity contribution in [2.75, 3.05) is 19.0 Å². The summed E-state index contributed by atoms with van der Waals surface area (Å²) in [6, 6.07) is 18.6. The van der Waals surface area contributed by atoms with Gasteiger partial charge in [0.2, 0.25) is 0 Å². The maximum absolute atomic E-state index is 13.8. The molecule has 0 heterocycles. The maximum atomic E-state index is 13.8. The van der Waals surface area contributed by atoms with E-state index in [1.165, 1.54) is 19.4 Å². The first-order valence-corrected chi connectivity index (χ1v) is 9.68. The number of hydrogen-bond acceptors (Lipinski definition) is 5. The van der Waals surface area contributed by atoms with Crippen LogP contribution in [0.15, 0.2) is 71.9 Å². The summed E-state index contributed by atoms with van der Waals surface area (Å²) in [5, 5.41) is 6.73. The smallest absolute Gasteiger partial charge is 0.265 e. The molecule has 0 aromatic heterocycles. The van der Waals surface area contributed by atoms with E-state index in [4.69, 9.17) is 25.9 Å². The molecule has 3 aromatic carbocycles. The largest absolute Gasteiger partial charge is 0.493 e. The van der Waals surface area contributed by atoms with Crippen molar-refractivity contribution in [3.8, 4) is 11.5 Å². The average molecular weight is 443 g/mol. The third-order valence-electron chi connectivity index (χ3n) is 4.11. The molecule has 0 bridgehead atoms. The molecule has 0 saturated heterocycles. The van der Waals surface area contributed by atoms with Gasteiger partial charge >= 0.3 is 0 Å². The van der Waals surface area contributed by atoms with Gasteiger partial charge in [0.25, 0.3) is 5.91 Å². The monoisotopic (exact) mass is 442 g/mol. The van der Waals surface area contributed by atoms with Gasteiger partial charge in [0.1, 0.15) is 12.4 Å². The summed E-state index contributed by atoms with van der Waals surface area (Å²) in [7, 11) is 1.47. The fourth-order valence-corrected chi connectivity index (χ4v) is 2.91. The number of para-hydroxylation sites is 1. The molecule has 0 fully saturated rings. The van der Waals surface area contributed by atoms with Crippen molar-refractivity contribution in [1.82, 2.24) is 0 Å². The first-order chi connectivity index (χ1) is 15.1. The van der Waals surface area contributed by atoms with Gasteiger partial charge < -0.3 is 19.6 Å². The van der Waals surface area contributed by atoms with E-state index in [9.17, 15) is 9.18 Å². The predicted octanol–water partition coefficient (Wildman–Crippen LogP) is 5.06. The van der Waals surface area contributed by atoms with Crippen LogP contribution in [0.4, 0.5) is 10.1 Å². The lowest BCUT2D eigenvalue weighted by Gasteiger charge is -2.13. The van der Waals surface area contributed by atoms with Crippen LogP contribution in [0.3, 0.4) is 0 Å². The van der Waals surface area contributed by atoms with Crippen LogP contribution in [0.25, 0.3) is 0 Å². The molecule has 31 heavy (non-hydrogen) atoms. The fourth-order valence-electron chi connectivity index (χ4n) is 2.63. The molecule has 160 valence electrons. The number of hydrogen-bond donors (Lipinski definition) is 1. The molecular formula is C23H20ClFN2O4. The number of anilines is 1. The molecule has 0 unspecified atom stereocenters. The molecule has 0 atom stereocenters. The quantitative estimate of drug-likeness (QED) is 0.371. The van der Waals surface area contributed by atoms with Crippen molar-refractivity contribution in [2.45, 2.75) is 6.61 Å². The van der Waals surface area contributed by atoms with Crippen LogP contribution in [0.2, 0.25) is 5.02 Å². The number of nitrogens with one attached hydrogen (secondary N) is 1. The lowest BCUT2D eigenvalue weighted by Crippen LogP contribution is -2.16. The Labute approximate surface area is 184 Å². The average Bonchev–Trinajstić information content (AvgIpc) is 2.77. The first-order valence-electron chi connectivity index (χ1n) is 9.31. The normalized spacial score (nSPS) is 10.7. The molecule has 0 spiro atoms. The number of carbonyl (C=O) groups excluding carboxylic acids is 1. The van der Waals surface area contributed by atoms with Crippen LogP contribution >= 0.6 is 11.6 Å². The van der Waals surface area contributed by atoms with E-state index in [1.54, 1.807) is 42.5 Å². The van der Waals surface area contributed by atoms with Gasteiger partial charge in [-0.05, 0) is 30.3 Å². The van der Waals surface area contributed by atoms with E-state index < -0.39 is 0 Å². The highest BCUT2D eigenvalue weighted by Crippen LogP contribution is 2.36. The van der Waals surface area contributed by atoms with Crippen molar-refractivity contribution in [3.63, 3.8) is 0 Å². The van der Waals surface area contributed by atoms with Gasteiger partial charge in [0.15, 0.2) is 18.1 Å². The Morgan fingerprint density at radius 3 is 2.61 bits per heavy atom. The van der Waals surface area contributed by atoms with Crippen LogP contribution in [0.1, 0.15) is 11.1 Å². The highest BCUT2D eigenvalue weighted by molar-refractivity contribution is 6.32. The lowest BCUT2D eigenvalue weighted by molar-refractivity contribution is -0.120. The van der Waals surface area contributed by atoms with Gasteiger partial charge in [-0.15, -0.1) is 0 Å². The summed E-state index contributed by atoms with van der Waals surface area (Å²) >= 11 is 6.31. The summed E-state index contributed by atoms with van der Waals surface area (Å²) in [5.41, 5.74) is 1.64. The number of amides is 1. The summed E-state index contributed by atoms with van der Waals surface area (Å²) < 4.78 is 24.8. The Morgan fingerprint density at radius 1 is 1.13 bits per heavy atom. The molecule has 1 N–H and O–H groups in total. The van der Waals surface area contributed by atoms with Gasteiger partial charge in [0.05, 0.1) is 18.3 Å². The minimum absolute atomic E-state index is 0.00414.